The van der Waals surface area contributed by atoms with Crippen LogP contribution in [0.15, 0.2) is 48.5 Å². The summed E-state index contributed by atoms with van der Waals surface area (Å²) in [6.07, 6.45) is 0.413. The molecular weight excluding hydrogens is 314 g/mol. The number of aliphatic hydroxyl groups is 1. The van der Waals surface area contributed by atoms with Gasteiger partial charge in [0.15, 0.2) is 0 Å². The molecular formula is C18H18F2N2O2. The quantitative estimate of drug-likeness (QED) is 0.884. The van der Waals surface area contributed by atoms with Crippen LogP contribution >= 0.6 is 0 Å². The molecule has 2 aromatic rings. The van der Waals surface area contributed by atoms with E-state index in [0.717, 1.165) is 22.6 Å². The molecule has 1 amide bonds. The second-order valence-electron chi connectivity index (χ2n) is 5.71. The highest BCUT2D eigenvalue weighted by Gasteiger charge is 2.36. The van der Waals surface area contributed by atoms with E-state index in [1.165, 1.54) is 6.07 Å². The molecule has 2 aromatic carbocycles. The summed E-state index contributed by atoms with van der Waals surface area (Å²) in [6, 6.07) is 11.8. The molecule has 0 unspecified atom stereocenters. The van der Waals surface area contributed by atoms with E-state index >= 15 is 0 Å². The highest BCUT2D eigenvalue weighted by molar-refractivity contribution is 5.99. The van der Waals surface area contributed by atoms with Crippen LogP contribution in [0.1, 0.15) is 18.0 Å². The van der Waals surface area contributed by atoms with Crippen molar-refractivity contribution in [2.75, 3.05) is 18.1 Å². The summed E-state index contributed by atoms with van der Waals surface area (Å²) in [7, 11) is 0. The van der Waals surface area contributed by atoms with Gasteiger partial charge in [-0.25, -0.2) is 8.78 Å². The number of anilines is 1. The number of aliphatic hydroxyl groups excluding tert-OH is 1. The molecule has 0 aliphatic carbocycles. The molecule has 6 heteroatoms. The number of rotatable bonds is 5. The van der Waals surface area contributed by atoms with Gasteiger partial charge in [0, 0.05) is 6.54 Å². The normalized spacial score (nSPS) is 18.9. The van der Waals surface area contributed by atoms with Gasteiger partial charge in [-0.3, -0.25) is 10.1 Å². The summed E-state index contributed by atoms with van der Waals surface area (Å²) in [4.78, 5) is 13.7. The van der Waals surface area contributed by atoms with Crippen LogP contribution in [0.4, 0.5) is 14.5 Å². The number of para-hydroxylation sites is 1. The number of hydrogen-bond donors (Lipinski definition) is 2. The molecule has 1 fully saturated rings. The highest BCUT2D eigenvalue weighted by atomic mass is 19.1. The minimum Gasteiger partial charge on any atom is -0.394 e. The lowest BCUT2D eigenvalue weighted by molar-refractivity contribution is -0.119. The summed E-state index contributed by atoms with van der Waals surface area (Å²) in [5.41, 5.74) is 0.537. The number of nitrogens with zero attached hydrogens (tertiary/aromatic N) is 1. The van der Waals surface area contributed by atoms with E-state index < -0.39 is 29.6 Å². The molecule has 1 aliphatic rings. The van der Waals surface area contributed by atoms with Gasteiger partial charge >= 0.3 is 0 Å². The first-order valence-electron chi connectivity index (χ1n) is 7.79. The molecule has 0 aromatic heterocycles. The molecule has 0 saturated carbocycles. The van der Waals surface area contributed by atoms with Crippen molar-refractivity contribution in [3.63, 3.8) is 0 Å². The third kappa shape index (κ3) is 3.16. The third-order valence-corrected chi connectivity index (χ3v) is 4.20. The number of nitrogens with one attached hydrogen (secondary N) is 1. The number of halogens is 2. The van der Waals surface area contributed by atoms with Gasteiger partial charge in [-0.1, -0.05) is 36.4 Å². The SMILES string of the molecule is O=C1[C@@H](N[C@@H](CO)c2ccccc2)CCN1c1c(F)cccc1F. The topological polar surface area (TPSA) is 52.6 Å². The zero-order valence-electron chi connectivity index (χ0n) is 13.0. The minimum atomic E-state index is -0.759. The average molecular weight is 332 g/mol. The summed E-state index contributed by atoms with van der Waals surface area (Å²) >= 11 is 0. The lowest BCUT2D eigenvalue weighted by Gasteiger charge is -2.22. The van der Waals surface area contributed by atoms with Crippen molar-refractivity contribution < 1.29 is 18.7 Å². The lowest BCUT2D eigenvalue weighted by atomic mass is 10.1. The van der Waals surface area contributed by atoms with Crippen molar-refractivity contribution in [2.24, 2.45) is 0 Å². The standard InChI is InChI=1S/C18H18F2N2O2/c19-13-7-4-8-14(20)17(13)22-10-9-15(18(22)24)21-16(11-23)12-5-2-1-3-6-12/h1-8,15-16,21,23H,9-11H2/t15-,16-/m0/s1. The van der Waals surface area contributed by atoms with E-state index in [9.17, 15) is 18.7 Å². The minimum absolute atomic E-state index is 0.179. The van der Waals surface area contributed by atoms with Gasteiger partial charge in [-0.2, -0.15) is 0 Å². The maximum Gasteiger partial charge on any atom is 0.244 e. The van der Waals surface area contributed by atoms with Crippen molar-refractivity contribution in [3.8, 4) is 0 Å². The van der Waals surface area contributed by atoms with Crippen LogP contribution in [0.5, 0.6) is 0 Å². The van der Waals surface area contributed by atoms with Crippen LogP contribution in [0.2, 0.25) is 0 Å². The van der Waals surface area contributed by atoms with E-state index in [4.69, 9.17) is 0 Å². The fourth-order valence-electron chi connectivity index (χ4n) is 2.99. The molecule has 126 valence electrons. The molecule has 2 atom stereocenters. The summed E-state index contributed by atoms with van der Waals surface area (Å²) in [5.74, 6) is -1.91. The van der Waals surface area contributed by atoms with E-state index in [1.807, 2.05) is 30.3 Å². The Morgan fingerprint density at radius 1 is 1.12 bits per heavy atom. The van der Waals surface area contributed by atoms with Gasteiger partial charge in [0.2, 0.25) is 5.91 Å². The zero-order valence-corrected chi connectivity index (χ0v) is 13.0. The summed E-state index contributed by atoms with van der Waals surface area (Å²) in [5, 5.41) is 12.7. The van der Waals surface area contributed by atoms with Gasteiger partial charge in [-0.15, -0.1) is 0 Å². The molecule has 3 rings (SSSR count). The largest absolute Gasteiger partial charge is 0.394 e. The molecule has 1 saturated heterocycles. The fraction of sp³-hybridized carbons (Fsp3) is 0.278. The second-order valence-corrected chi connectivity index (χ2v) is 5.71. The van der Waals surface area contributed by atoms with Crippen LogP contribution in [0.25, 0.3) is 0 Å². The van der Waals surface area contributed by atoms with Crippen LogP contribution in [-0.4, -0.2) is 30.2 Å². The van der Waals surface area contributed by atoms with Gasteiger partial charge in [0.25, 0.3) is 0 Å². The van der Waals surface area contributed by atoms with E-state index in [2.05, 4.69) is 5.32 Å². The number of carbonyl (C=O) groups is 1. The first-order valence-corrected chi connectivity index (χ1v) is 7.79. The Balaban J connectivity index is 1.77. The van der Waals surface area contributed by atoms with Crippen LogP contribution < -0.4 is 10.2 Å². The molecule has 0 radical (unpaired) electrons. The Morgan fingerprint density at radius 3 is 2.42 bits per heavy atom. The second kappa shape index (κ2) is 7.07. The molecule has 0 spiro atoms. The molecule has 2 N–H and O–H groups in total. The molecule has 4 nitrogen and oxygen atoms in total. The van der Waals surface area contributed by atoms with Gasteiger partial charge in [0.1, 0.15) is 17.3 Å². The van der Waals surface area contributed by atoms with E-state index in [-0.39, 0.29) is 18.8 Å². The number of carbonyl (C=O) groups excluding carboxylic acids is 1. The first-order chi connectivity index (χ1) is 11.6. The van der Waals surface area contributed by atoms with Crippen LogP contribution in [-0.2, 0) is 4.79 Å². The van der Waals surface area contributed by atoms with Gasteiger partial charge in [0.05, 0.1) is 18.7 Å². The van der Waals surface area contributed by atoms with E-state index in [1.54, 1.807) is 0 Å². The number of hydrogen-bond acceptors (Lipinski definition) is 3. The Bertz CT molecular complexity index is 704. The predicted octanol–water partition coefficient (Wildman–Crippen LogP) is 2.39. The Hall–Kier alpha value is -2.31. The summed E-state index contributed by atoms with van der Waals surface area (Å²) < 4.78 is 27.8. The maximum atomic E-state index is 13.9. The molecule has 1 heterocycles. The Labute approximate surface area is 138 Å². The number of amides is 1. The molecule has 0 bridgehead atoms. The highest BCUT2D eigenvalue weighted by Crippen LogP contribution is 2.28. The average Bonchev–Trinajstić information content (AvgIpc) is 2.94. The van der Waals surface area contributed by atoms with Crippen molar-refractivity contribution in [1.29, 1.82) is 0 Å². The fourth-order valence-corrected chi connectivity index (χ4v) is 2.99. The van der Waals surface area contributed by atoms with Crippen LogP contribution in [0.3, 0.4) is 0 Å². The Morgan fingerprint density at radius 2 is 1.79 bits per heavy atom. The number of benzene rings is 2. The predicted molar refractivity (Wildman–Crippen MR) is 86.5 cm³/mol. The van der Waals surface area contributed by atoms with E-state index in [0.29, 0.717) is 6.42 Å². The maximum absolute atomic E-state index is 13.9. The van der Waals surface area contributed by atoms with Crippen molar-refractivity contribution >= 4 is 11.6 Å². The Kier molecular flexibility index (Phi) is 4.87. The van der Waals surface area contributed by atoms with Gasteiger partial charge in [-0.05, 0) is 24.1 Å². The lowest BCUT2D eigenvalue weighted by Crippen LogP contribution is -2.41. The zero-order chi connectivity index (χ0) is 17.1. The monoisotopic (exact) mass is 332 g/mol. The van der Waals surface area contributed by atoms with Crippen molar-refractivity contribution in [2.45, 2.75) is 18.5 Å². The summed E-state index contributed by atoms with van der Waals surface area (Å²) in [6.45, 7) is 0.0448. The van der Waals surface area contributed by atoms with Crippen LogP contribution in [0, 0.1) is 11.6 Å². The van der Waals surface area contributed by atoms with Crippen molar-refractivity contribution in [3.05, 3.63) is 65.7 Å². The van der Waals surface area contributed by atoms with Crippen molar-refractivity contribution in [1.82, 2.24) is 5.32 Å². The molecule has 24 heavy (non-hydrogen) atoms. The van der Waals surface area contributed by atoms with Gasteiger partial charge < -0.3 is 10.0 Å². The first kappa shape index (κ1) is 16.5. The third-order valence-electron chi connectivity index (χ3n) is 4.20. The smallest absolute Gasteiger partial charge is 0.244 e. The molecule has 1 aliphatic heterocycles.